The van der Waals surface area contributed by atoms with Gasteiger partial charge in [-0.05, 0) is 26.7 Å². The predicted octanol–water partition coefficient (Wildman–Crippen LogP) is 2.13. The molecule has 0 aromatic heterocycles. The molecule has 0 amide bonds. The van der Waals surface area contributed by atoms with Crippen LogP contribution < -0.4 is 0 Å². The minimum Gasteiger partial charge on any atom is -0.463 e. The molecule has 0 aliphatic heterocycles. The lowest BCUT2D eigenvalue weighted by Gasteiger charge is -2.11. The molecule has 0 atom stereocenters. The van der Waals surface area contributed by atoms with Crippen LogP contribution in [0.4, 0.5) is 0 Å². The molecule has 1 rings (SSSR count). The SMILES string of the molecule is CC(C)OC(=O)C1CCCC1. The van der Waals surface area contributed by atoms with Crippen molar-refractivity contribution in [2.75, 3.05) is 0 Å². The smallest absolute Gasteiger partial charge is 0.309 e. The zero-order valence-electron chi connectivity index (χ0n) is 7.30. The van der Waals surface area contributed by atoms with Gasteiger partial charge in [-0.3, -0.25) is 4.79 Å². The molecule has 0 unspecified atom stereocenters. The van der Waals surface area contributed by atoms with Crippen molar-refractivity contribution in [1.82, 2.24) is 0 Å². The minimum atomic E-state index is 0.0116. The van der Waals surface area contributed by atoms with E-state index in [9.17, 15) is 4.79 Å². The molecule has 1 aliphatic rings. The molecule has 0 aromatic rings. The van der Waals surface area contributed by atoms with Crippen molar-refractivity contribution in [2.45, 2.75) is 45.6 Å². The molecular formula is C9H16O2. The van der Waals surface area contributed by atoms with Gasteiger partial charge in [0.2, 0.25) is 0 Å². The van der Waals surface area contributed by atoms with Crippen molar-refractivity contribution < 1.29 is 9.53 Å². The minimum absolute atomic E-state index is 0.0116. The maximum absolute atomic E-state index is 11.2. The van der Waals surface area contributed by atoms with Crippen LogP contribution in [-0.2, 0) is 9.53 Å². The Hall–Kier alpha value is -0.530. The van der Waals surface area contributed by atoms with E-state index in [1.165, 1.54) is 12.8 Å². The lowest BCUT2D eigenvalue weighted by molar-refractivity contribution is -0.152. The predicted molar refractivity (Wildman–Crippen MR) is 43.2 cm³/mol. The van der Waals surface area contributed by atoms with Crippen LogP contribution in [0.15, 0.2) is 0 Å². The van der Waals surface area contributed by atoms with Crippen molar-refractivity contribution in [2.24, 2.45) is 5.92 Å². The van der Waals surface area contributed by atoms with E-state index in [-0.39, 0.29) is 18.0 Å². The van der Waals surface area contributed by atoms with Gasteiger partial charge in [0, 0.05) is 0 Å². The van der Waals surface area contributed by atoms with Crippen molar-refractivity contribution in [3.8, 4) is 0 Å². The van der Waals surface area contributed by atoms with E-state index in [0.717, 1.165) is 12.8 Å². The summed E-state index contributed by atoms with van der Waals surface area (Å²) in [6.45, 7) is 3.79. The Balaban J connectivity index is 2.28. The van der Waals surface area contributed by atoms with Crippen molar-refractivity contribution in [1.29, 1.82) is 0 Å². The summed E-state index contributed by atoms with van der Waals surface area (Å²) in [4.78, 5) is 11.2. The largest absolute Gasteiger partial charge is 0.463 e. The van der Waals surface area contributed by atoms with Crippen LogP contribution in [0.25, 0.3) is 0 Å². The molecule has 0 bridgehead atoms. The summed E-state index contributed by atoms with van der Waals surface area (Å²) in [5.74, 6) is 0.218. The Morgan fingerprint density at radius 1 is 1.36 bits per heavy atom. The van der Waals surface area contributed by atoms with Crippen LogP contribution in [0.5, 0.6) is 0 Å². The average Bonchev–Trinajstić information content (AvgIpc) is 2.35. The Morgan fingerprint density at radius 3 is 2.36 bits per heavy atom. The van der Waals surface area contributed by atoms with Gasteiger partial charge in [0.25, 0.3) is 0 Å². The number of carbonyl (C=O) groups excluding carboxylic acids is 1. The Kier molecular flexibility index (Phi) is 2.92. The summed E-state index contributed by atoms with van der Waals surface area (Å²) in [7, 11) is 0. The number of hydrogen-bond acceptors (Lipinski definition) is 2. The van der Waals surface area contributed by atoms with E-state index in [1.807, 2.05) is 13.8 Å². The molecule has 0 N–H and O–H groups in total. The second kappa shape index (κ2) is 3.74. The summed E-state index contributed by atoms with van der Waals surface area (Å²) in [6.07, 6.45) is 4.50. The molecule has 1 saturated carbocycles. The summed E-state index contributed by atoms with van der Waals surface area (Å²) < 4.78 is 5.10. The van der Waals surface area contributed by atoms with Gasteiger partial charge in [0.1, 0.15) is 0 Å². The van der Waals surface area contributed by atoms with Gasteiger partial charge in [0.05, 0.1) is 12.0 Å². The lowest BCUT2D eigenvalue weighted by Crippen LogP contribution is -2.18. The highest BCUT2D eigenvalue weighted by Crippen LogP contribution is 2.25. The third-order valence-corrected chi connectivity index (χ3v) is 2.04. The number of ether oxygens (including phenoxy) is 1. The number of rotatable bonds is 2. The molecule has 0 heterocycles. The lowest BCUT2D eigenvalue weighted by atomic mass is 10.1. The van der Waals surface area contributed by atoms with Crippen LogP contribution in [0.3, 0.4) is 0 Å². The number of carbonyl (C=O) groups is 1. The van der Waals surface area contributed by atoms with E-state index in [4.69, 9.17) is 4.74 Å². The van der Waals surface area contributed by atoms with Gasteiger partial charge < -0.3 is 4.74 Å². The second-order valence-electron chi connectivity index (χ2n) is 3.47. The fourth-order valence-corrected chi connectivity index (χ4v) is 1.49. The second-order valence-corrected chi connectivity index (χ2v) is 3.47. The molecule has 0 spiro atoms. The first-order valence-corrected chi connectivity index (χ1v) is 4.40. The quantitative estimate of drug-likeness (QED) is 0.572. The van der Waals surface area contributed by atoms with Crippen LogP contribution in [0.2, 0.25) is 0 Å². The zero-order valence-corrected chi connectivity index (χ0v) is 7.30. The molecule has 11 heavy (non-hydrogen) atoms. The zero-order chi connectivity index (χ0) is 8.27. The van der Waals surface area contributed by atoms with E-state index >= 15 is 0 Å². The molecule has 1 fully saturated rings. The van der Waals surface area contributed by atoms with E-state index < -0.39 is 0 Å². The van der Waals surface area contributed by atoms with Crippen LogP contribution in [0.1, 0.15) is 39.5 Å². The molecule has 0 aromatic carbocycles. The van der Waals surface area contributed by atoms with E-state index in [0.29, 0.717) is 0 Å². The molecule has 64 valence electrons. The Morgan fingerprint density at radius 2 is 1.91 bits per heavy atom. The first-order chi connectivity index (χ1) is 5.20. The Labute approximate surface area is 67.9 Å². The average molecular weight is 156 g/mol. The normalized spacial score (nSPS) is 19.2. The van der Waals surface area contributed by atoms with Crippen molar-refractivity contribution in [3.05, 3.63) is 0 Å². The third kappa shape index (κ3) is 2.52. The van der Waals surface area contributed by atoms with Crippen molar-refractivity contribution in [3.63, 3.8) is 0 Å². The van der Waals surface area contributed by atoms with Gasteiger partial charge in [-0.25, -0.2) is 0 Å². The number of hydrogen-bond donors (Lipinski definition) is 0. The summed E-state index contributed by atoms with van der Waals surface area (Å²) in [5, 5.41) is 0. The fraction of sp³-hybridized carbons (Fsp3) is 0.889. The van der Waals surface area contributed by atoms with Crippen LogP contribution >= 0.6 is 0 Å². The van der Waals surface area contributed by atoms with Gasteiger partial charge in [-0.1, -0.05) is 12.8 Å². The molecule has 2 heteroatoms. The molecule has 0 radical (unpaired) electrons. The maximum atomic E-state index is 11.2. The molecule has 0 saturated heterocycles. The highest BCUT2D eigenvalue weighted by atomic mass is 16.5. The number of esters is 1. The first-order valence-electron chi connectivity index (χ1n) is 4.40. The summed E-state index contributed by atoms with van der Waals surface area (Å²) in [6, 6.07) is 0. The van der Waals surface area contributed by atoms with Crippen LogP contribution in [-0.4, -0.2) is 12.1 Å². The standard InChI is InChI=1S/C9H16O2/c1-7(2)11-9(10)8-5-3-4-6-8/h7-8H,3-6H2,1-2H3. The molecule has 2 nitrogen and oxygen atoms in total. The third-order valence-electron chi connectivity index (χ3n) is 2.04. The molecule has 1 aliphatic carbocycles. The van der Waals surface area contributed by atoms with Crippen molar-refractivity contribution >= 4 is 5.97 Å². The summed E-state index contributed by atoms with van der Waals surface area (Å²) in [5.41, 5.74) is 0. The van der Waals surface area contributed by atoms with Gasteiger partial charge in [0.15, 0.2) is 0 Å². The summed E-state index contributed by atoms with van der Waals surface area (Å²) >= 11 is 0. The topological polar surface area (TPSA) is 26.3 Å². The highest BCUT2D eigenvalue weighted by molar-refractivity contribution is 5.72. The monoisotopic (exact) mass is 156 g/mol. The highest BCUT2D eigenvalue weighted by Gasteiger charge is 2.24. The molecular weight excluding hydrogens is 140 g/mol. The van der Waals surface area contributed by atoms with Gasteiger partial charge in [-0.2, -0.15) is 0 Å². The Bertz CT molecular complexity index is 134. The van der Waals surface area contributed by atoms with Crippen LogP contribution in [0, 0.1) is 5.92 Å². The maximum Gasteiger partial charge on any atom is 0.309 e. The van der Waals surface area contributed by atoms with Gasteiger partial charge >= 0.3 is 5.97 Å². The van der Waals surface area contributed by atoms with E-state index in [2.05, 4.69) is 0 Å². The first kappa shape index (κ1) is 8.57. The van der Waals surface area contributed by atoms with E-state index in [1.54, 1.807) is 0 Å². The van der Waals surface area contributed by atoms with Gasteiger partial charge in [-0.15, -0.1) is 0 Å². The fourth-order valence-electron chi connectivity index (χ4n) is 1.49.